The smallest absolute Gasteiger partial charge is 0.328 e. The normalized spacial score (nSPS) is 18.8. The number of rotatable bonds is 8. The van der Waals surface area contributed by atoms with Crippen molar-refractivity contribution in [3.8, 4) is 0 Å². The molecule has 2 atom stereocenters. The summed E-state index contributed by atoms with van der Waals surface area (Å²) in [7, 11) is 0. The number of hydrogen-bond donors (Lipinski definition) is 0. The number of aromatic nitrogens is 2. The van der Waals surface area contributed by atoms with Gasteiger partial charge >= 0.3 is 5.69 Å². The standard InChI is InChI=1S/C31H31ClF2N4O/c32-23-5-3-4-22(18-23)20-37-17-16-36(31(37)39)14-2-1-13-35-15-12-30-28(21-35)27-19-25(34)8-11-29(27)38(30)26-9-6-24(33)7-10-26/h3-11,16-19,28,30H,1-2,12-15,20-21H2/t28-,30+/m0/s1. The Labute approximate surface area is 231 Å². The molecule has 4 aromatic rings. The van der Waals surface area contributed by atoms with Crippen LogP contribution in [0.5, 0.6) is 0 Å². The molecular formula is C31H31ClF2N4O. The monoisotopic (exact) mass is 548 g/mol. The lowest BCUT2D eigenvalue weighted by molar-refractivity contribution is 0.192. The van der Waals surface area contributed by atoms with Crippen molar-refractivity contribution in [1.82, 2.24) is 14.0 Å². The Balaban J connectivity index is 1.06. The molecule has 6 rings (SSSR count). The lowest BCUT2D eigenvalue weighted by Gasteiger charge is -2.39. The van der Waals surface area contributed by atoms with Crippen molar-refractivity contribution in [1.29, 1.82) is 0 Å². The maximum atomic E-state index is 14.3. The van der Waals surface area contributed by atoms with E-state index in [2.05, 4.69) is 9.80 Å². The van der Waals surface area contributed by atoms with Gasteiger partial charge in [0, 0.05) is 60.4 Å². The number of unbranched alkanes of at least 4 members (excludes halogenated alkanes) is 1. The number of anilines is 2. The molecule has 39 heavy (non-hydrogen) atoms. The summed E-state index contributed by atoms with van der Waals surface area (Å²) in [4.78, 5) is 17.5. The summed E-state index contributed by atoms with van der Waals surface area (Å²) in [5, 5.41) is 0.665. The molecule has 0 N–H and O–H groups in total. The first-order valence-electron chi connectivity index (χ1n) is 13.5. The van der Waals surface area contributed by atoms with Gasteiger partial charge in [-0.05, 0) is 91.5 Å². The lowest BCUT2D eigenvalue weighted by atomic mass is 9.89. The Bertz CT molecular complexity index is 1520. The minimum atomic E-state index is -0.261. The van der Waals surface area contributed by atoms with Crippen molar-refractivity contribution < 1.29 is 8.78 Å². The van der Waals surface area contributed by atoms with Crippen LogP contribution in [0.4, 0.5) is 20.2 Å². The molecular weight excluding hydrogens is 518 g/mol. The van der Waals surface area contributed by atoms with E-state index in [0.717, 1.165) is 61.4 Å². The second kappa shape index (κ2) is 11.0. The summed E-state index contributed by atoms with van der Waals surface area (Å²) in [6.07, 6.45) is 6.51. The molecule has 0 unspecified atom stereocenters. The Kier molecular flexibility index (Phi) is 7.28. The zero-order valence-corrected chi connectivity index (χ0v) is 22.4. The molecule has 0 radical (unpaired) electrons. The summed E-state index contributed by atoms with van der Waals surface area (Å²) in [5.41, 5.74) is 3.97. The Morgan fingerprint density at radius 1 is 0.872 bits per heavy atom. The Hall–Kier alpha value is -3.42. The average Bonchev–Trinajstić information content (AvgIpc) is 3.43. The minimum Gasteiger partial charge on any atom is -0.337 e. The topological polar surface area (TPSA) is 33.4 Å². The highest BCUT2D eigenvalue weighted by molar-refractivity contribution is 6.30. The molecule has 3 aromatic carbocycles. The number of halogens is 3. The van der Waals surface area contributed by atoms with E-state index < -0.39 is 0 Å². The largest absolute Gasteiger partial charge is 0.337 e. The third-order valence-corrected chi connectivity index (χ3v) is 8.26. The minimum absolute atomic E-state index is 0.0127. The first kappa shape index (κ1) is 25.8. The van der Waals surface area contributed by atoms with Crippen molar-refractivity contribution in [3.05, 3.63) is 117 Å². The average molecular weight is 549 g/mol. The SMILES string of the molecule is O=c1n(CCCCN2CC[C@@H]3[C@@H](C2)c2cc(F)ccc2N3c2ccc(F)cc2)ccn1Cc1cccc(Cl)c1. The van der Waals surface area contributed by atoms with E-state index in [0.29, 0.717) is 18.1 Å². The third kappa shape index (κ3) is 5.38. The molecule has 202 valence electrons. The van der Waals surface area contributed by atoms with Gasteiger partial charge in [-0.25, -0.2) is 13.6 Å². The second-order valence-corrected chi connectivity index (χ2v) is 11.0. The van der Waals surface area contributed by atoms with Crippen LogP contribution in [0.15, 0.2) is 83.9 Å². The molecule has 3 heterocycles. The first-order valence-corrected chi connectivity index (χ1v) is 13.9. The number of piperidine rings is 1. The highest BCUT2D eigenvalue weighted by Gasteiger charge is 2.42. The Morgan fingerprint density at radius 3 is 2.46 bits per heavy atom. The maximum absolute atomic E-state index is 14.3. The summed E-state index contributed by atoms with van der Waals surface area (Å²) in [6.45, 7) is 3.91. The van der Waals surface area contributed by atoms with Gasteiger partial charge in [0.15, 0.2) is 0 Å². The number of aryl methyl sites for hydroxylation is 1. The van der Waals surface area contributed by atoms with Crippen LogP contribution in [-0.2, 0) is 13.1 Å². The Morgan fingerprint density at radius 2 is 1.64 bits per heavy atom. The molecule has 1 aromatic heterocycles. The van der Waals surface area contributed by atoms with Crippen molar-refractivity contribution >= 4 is 23.0 Å². The summed E-state index contributed by atoms with van der Waals surface area (Å²) in [5.74, 6) is -0.292. The molecule has 0 spiro atoms. The number of hydrogen-bond acceptors (Lipinski definition) is 3. The van der Waals surface area contributed by atoms with Crippen LogP contribution in [0, 0.1) is 11.6 Å². The molecule has 1 saturated heterocycles. The molecule has 8 heteroatoms. The highest BCUT2D eigenvalue weighted by atomic mass is 35.5. The number of nitrogens with zero attached hydrogens (tertiary/aromatic N) is 4. The summed E-state index contributed by atoms with van der Waals surface area (Å²) < 4.78 is 31.3. The van der Waals surface area contributed by atoms with E-state index in [1.807, 2.05) is 42.7 Å². The van der Waals surface area contributed by atoms with E-state index in [9.17, 15) is 13.6 Å². The number of likely N-dealkylation sites (tertiary alicyclic amines) is 1. The lowest BCUT2D eigenvalue weighted by Crippen LogP contribution is -2.45. The molecule has 0 saturated carbocycles. The molecule has 2 aliphatic rings. The predicted molar refractivity (Wildman–Crippen MR) is 151 cm³/mol. The molecule has 0 amide bonds. The van der Waals surface area contributed by atoms with Gasteiger partial charge < -0.3 is 9.80 Å². The fourth-order valence-electron chi connectivity index (χ4n) is 6.17. The van der Waals surface area contributed by atoms with Gasteiger partial charge in [0.05, 0.1) is 6.54 Å². The van der Waals surface area contributed by atoms with Crippen LogP contribution < -0.4 is 10.6 Å². The third-order valence-electron chi connectivity index (χ3n) is 8.03. The quantitative estimate of drug-likeness (QED) is 0.238. The van der Waals surface area contributed by atoms with Gasteiger partial charge in [-0.1, -0.05) is 23.7 Å². The summed E-state index contributed by atoms with van der Waals surface area (Å²) >= 11 is 6.08. The molecule has 1 fully saturated rings. The molecule has 0 bridgehead atoms. The van der Waals surface area contributed by atoms with Gasteiger partial charge in [-0.3, -0.25) is 9.13 Å². The van der Waals surface area contributed by atoms with Crippen LogP contribution in [0.1, 0.15) is 36.3 Å². The van der Waals surface area contributed by atoms with E-state index in [4.69, 9.17) is 11.6 Å². The fraction of sp³-hybridized carbons (Fsp3) is 0.323. The van der Waals surface area contributed by atoms with Crippen LogP contribution in [0.3, 0.4) is 0 Å². The van der Waals surface area contributed by atoms with Gasteiger partial charge in [0.2, 0.25) is 0 Å². The molecule has 0 aliphatic carbocycles. The first-order chi connectivity index (χ1) is 19.0. The molecule has 2 aliphatic heterocycles. The number of imidazole rings is 1. The van der Waals surface area contributed by atoms with Crippen LogP contribution in [0.25, 0.3) is 0 Å². The van der Waals surface area contributed by atoms with Gasteiger partial charge in [0.1, 0.15) is 11.6 Å². The number of benzene rings is 3. The fourth-order valence-corrected chi connectivity index (χ4v) is 6.38. The van der Waals surface area contributed by atoms with Crippen LogP contribution in [-0.4, -0.2) is 39.7 Å². The van der Waals surface area contributed by atoms with E-state index >= 15 is 0 Å². The predicted octanol–water partition coefficient (Wildman–Crippen LogP) is 6.42. The van der Waals surface area contributed by atoms with E-state index in [1.165, 1.54) is 18.2 Å². The zero-order valence-electron chi connectivity index (χ0n) is 21.6. The summed E-state index contributed by atoms with van der Waals surface area (Å²) in [6, 6.07) is 19.4. The van der Waals surface area contributed by atoms with Gasteiger partial charge in [-0.15, -0.1) is 0 Å². The van der Waals surface area contributed by atoms with Crippen molar-refractivity contribution in [3.63, 3.8) is 0 Å². The maximum Gasteiger partial charge on any atom is 0.328 e. The highest BCUT2D eigenvalue weighted by Crippen LogP contribution is 2.48. The van der Waals surface area contributed by atoms with Crippen LogP contribution >= 0.6 is 11.6 Å². The van der Waals surface area contributed by atoms with Gasteiger partial charge in [-0.2, -0.15) is 0 Å². The number of fused-ring (bicyclic) bond motifs is 3. The zero-order chi connectivity index (χ0) is 26.9. The van der Waals surface area contributed by atoms with Crippen LogP contribution in [0.2, 0.25) is 5.02 Å². The van der Waals surface area contributed by atoms with E-state index in [1.54, 1.807) is 27.3 Å². The van der Waals surface area contributed by atoms with Gasteiger partial charge in [0.25, 0.3) is 0 Å². The van der Waals surface area contributed by atoms with Crippen molar-refractivity contribution in [2.75, 3.05) is 24.5 Å². The second-order valence-electron chi connectivity index (χ2n) is 10.6. The molecule has 5 nitrogen and oxygen atoms in total. The van der Waals surface area contributed by atoms with E-state index in [-0.39, 0.29) is 29.3 Å². The van der Waals surface area contributed by atoms with Crippen molar-refractivity contribution in [2.45, 2.75) is 44.3 Å². The van der Waals surface area contributed by atoms with Crippen molar-refractivity contribution in [2.24, 2.45) is 0 Å².